The summed E-state index contributed by atoms with van der Waals surface area (Å²) in [5, 5.41) is 11.0. The number of nitrogens with zero attached hydrogens (tertiary/aromatic N) is 7. The number of aromatic nitrogens is 8. The Morgan fingerprint density at radius 3 is 2.81 bits per heavy atom. The smallest absolute Gasteiger partial charge is 0.240 e. The van der Waals surface area contributed by atoms with Gasteiger partial charge >= 0.3 is 0 Å². The molecule has 0 aliphatic rings. The summed E-state index contributed by atoms with van der Waals surface area (Å²) in [7, 11) is 0. The van der Waals surface area contributed by atoms with Crippen LogP contribution in [0.1, 0.15) is 12.7 Å². The molecular formula is C11H13N9S. The summed E-state index contributed by atoms with van der Waals surface area (Å²) in [4.78, 5) is 21.3. The first kappa shape index (κ1) is 13.5. The predicted molar refractivity (Wildman–Crippen MR) is 76.4 cm³/mol. The van der Waals surface area contributed by atoms with Crippen molar-refractivity contribution < 1.29 is 0 Å². The zero-order valence-electron chi connectivity index (χ0n) is 11.5. The van der Waals surface area contributed by atoms with Gasteiger partial charge in [-0.25, -0.2) is 9.97 Å². The second-order valence-electron chi connectivity index (χ2n) is 4.05. The lowest BCUT2D eigenvalue weighted by molar-refractivity contribution is 0.820. The van der Waals surface area contributed by atoms with Gasteiger partial charge in [-0.15, -0.1) is 5.10 Å². The van der Waals surface area contributed by atoms with E-state index in [1.807, 2.05) is 13.8 Å². The number of H-pyrrole nitrogens is 1. The fourth-order valence-corrected chi connectivity index (χ4v) is 2.27. The van der Waals surface area contributed by atoms with Crippen LogP contribution in [0.4, 0.5) is 5.95 Å². The van der Waals surface area contributed by atoms with Gasteiger partial charge in [-0.1, -0.05) is 0 Å². The minimum Gasteiger partial charge on any atom is -0.354 e. The Labute approximate surface area is 124 Å². The van der Waals surface area contributed by atoms with E-state index >= 15 is 0 Å². The Kier molecular flexibility index (Phi) is 3.77. The molecule has 2 N–H and O–H groups in total. The highest BCUT2D eigenvalue weighted by atomic mass is 32.2. The van der Waals surface area contributed by atoms with Gasteiger partial charge in [0.1, 0.15) is 12.2 Å². The molecule has 0 unspecified atom stereocenters. The maximum absolute atomic E-state index is 4.39. The zero-order chi connectivity index (χ0) is 14.7. The molecule has 3 rings (SSSR count). The van der Waals surface area contributed by atoms with Crippen LogP contribution in [-0.4, -0.2) is 46.2 Å². The molecule has 0 saturated heterocycles. The molecule has 0 atom stereocenters. The molecule has 108 valence electrons. The first-order valence-corrected chi connectivity index (χ1v) is 7.11. The highest BCUT2D eigenvalue weighted by molar-refractivity contribution is 7.99. The lowest BCUT2D eigenvalue weighted by Gasteiger charge is -2.06. The molecule has 0 aliphatic carbocycles. The second kappa shape index (κ2) is 5.87. The number of hydrogen-bond donors (Lipinski definition) is 2. The Morgan fingerprint density at radius 2 is 2.14 bits per heavy atom. The van der Waals surface area contributed by atoms with Crippen LogP contribution < -0.4 is 5.32 Å². The third-order valence-corrected chi connectivity index (χ3v) is 3.16. The summed E-state index contributed by atoms with van der Waals surface area (Å²) in [6.07, 6.45) is 5.08. The monoisotopic (exact) mass is 303 g/mol. The number of aromatic amines is 1. The fraction of sp³-hybridized carbons (Fsp3) is 0.273. The minimum absolute atomic E-state index is 0.494. The van der Waals surface area contributed by atoms with Crippen molar-refractivity contribution in [2.24, 2.45) is 0 Å². The molecule has 10 heteroatoms. The molecule has 3 aromatic heterocycles. The second-order valence-corrected chi connectivity index (χ2v) is 4.98. The summed E-state index contributed by atoms with van der Waals surface area (Å²) in [5.41, 5.74) is 0. The van der Waals surface area contributed by atoms with Crippen LogP contribution in [0.25, 0.3) is 5.95 Å². The van der Waals surface area contributed by atoms with E-state index < -0.39 is 0 Å². The van der Waals surface area contributed by atoms with Crippen LogP contribution in [-0.2, 0) is 0 Å². The van der Waals surface area contributed by atoms with Crippen LogP contribution in [0.3, 0.4) is 0 Å². The Balaban J connectivity index is 1.95. The molecule has 0 radical (unpaired) electrons. The first-order chi connectivity index (χ1) is 10.2. The van der Waals surface area contributed by atoms with Crippen molar-refractivity contribution in [1.29, 1.82) is 0 Å². The van der Waals surface area contributed by atoms with Crippen molar-refractivity contribution in [3.05, 3.63) is 24.5 Å². The third-order valence-electron chi connectivity index (χ3n) is 2.43. The summed E-state index contributed by atoms with van der Waals surface area (Å²) in [6, 6.07) is 0. The first-order valence-electron chi connectivity index (χ1n) is 6.29. The number of aryl methyl sites for hydroxylation is 1. The molecule has 0 fully saturated rings. The number of nitrogens with one attached hydrogen (secondary N) is 2. The summed E-state index contributed by atoms with van der Waals surface area (Å²) < 4.78 is 1.72. The average molecular weight is 303 g/mol. The Bertz CT molecular complexity index is 721. The van der Waals surface area contributed by atoms with Gasteiger partial charge in [0.05, 0.1) is 0 Å². The van der Waals surface area contributed by atoms with E-state index in [9.17, 15) is 0 Å². The molecular weight excluding hydrogens is 290 g/mol. The van der Waals surface area contributed by atoms with Crippen LogP contribution in [0.2, 0.25) is 0 Å². The van der Waals surface area contributed by atoms with Crippen LogP contribution in [0.5, 0.6) is 0 Å². The third kappa shape index (κ3) is 3.16. The maximum Gasteiger partial charge on any atom is 0.240 e. The summed E-state index contributed by atoms with van der Waals surface area (Å²) in [5.74, 6) is 1.74. The molecule has 0 spiro atoms. The van der Waals surface area contributed by atoms with Gasteiger partial charge in [0.2, 0.25) is 22.2 Å². The van der Waals surface area contributed by atoms with Crippen LogP contribution in [0.15, 0.2) is 29.0 Å². The highest BCUT2D eigenvalue weighted by Gasteiger charge is 2.11. The summed E-state index contributed by atoms with van der Waals surface area (Å²) in [6.45, 7) is 4.54. The standard InChI is InChI=1S/C11H13N9S/c1-3-13-8-15-9(20-5-4-12-6-20)17-10(16-8)21-11-14-7(2)18-19-11/h4-6H,3H2,1-2H3,(H,14,18,19)(H,13,15,16,17). The van der Waals surface area contributed by atoms with Crippen molar-refractivity contribution in [1.82, 2.24) is 39.7 Å². The van der Waals surface area contributed by atoms with Crippen LogP contribution >= 0.6 is 11.8 Å². The minimum atomic E-state index is 0.494. The molecule has 9 nitrogen and oxygen atoms in total. The highest BCUT2D eigenvalue weighted by Crippen LogP contribution is 2.22. The van der Waals surface area contributed by atoms with E-state index in [4.69, 9.17) is 0 Å². The van der Waals surface area contributed by atoms with Gasteiger partial charge < -0.3 is 5.32 Å². The lowest BCUT2D eigenvalue weighted by atomic mass is 10.7. The van der Waals surface area contributed by atoms with Gasteiger partial charge in [-0.3, -0.25) is 9.67 Å². The van der Waals surface area contributed by atoms with E-state index in [0.717, 1.165) is 12.4 Å². The average Bonchev–Trinajstić information content (AvgIpc) is 3.11. The van der Waals surface area contributed by atoms with E-state index in [-0.39, 0.29) is 0 Å². The topological polar surface area (TPSA) is 110 Å². The van der Waals surface area contributed by atoms with Crippen molar-refractivity contribution >= 4 is 17.7 Å². The van der Waals surface area contributed by atoms with E-state index in [1.54, 1.807) is 23.3 Å². The van der Waals surface area contributed by atoms with E-state index in [2.05, 4.69) is 40.4 Å². The van der Waals surface area contributed by atoms with Crippen molar-refractivity contribution in [3.8, 4) is 5.95 Å². The number of hydrogen-bond acceptors (Lipinski definition) is 8. The predicted octanol–water partition coefficient (Wildman–Crippen LogP) is 1.07. The SMILES string of the molecule is CCNc1nc(Sc2n[nH]c(C)n2)nc(-n2ccnc2)n1. The Hall–Kier alpha value is -2.49. The van der Waals surface area contributed by atoms with Gasteiger partial charge in [-0.05, 0) is 25.6 Å². The fourth-order valence-electron chi connectivity index (χ4n) is 1.57. The quantitative estimate of drug-likeness (QED) is 0.720. The number of rotatable bonds is 5. The van der Waals surface area contributed by atoms with Gasteiger partial charge in [0.25, 0.3) is 0 Å². The molecule has 0 aliphatic heterocycles. The van der Waals surface area contributed by atoms with Crippen molar-refractivity contribution in [2.45, 2.75) is 24.2 Å². The molecule has 0 amide bonds. The van der Waals surface area contributed by atoms with Crippen molar-refractivity contribution in [3.63, 3.8) is 0 Å². The maximum atomic E-state index is 4.39. The largest absolute Gasteiger partial charge is 0.354 e. The lowest BCUT2D eigenvalue weighted by Crippen LogP contribution is -2.08. The molecule has 3 heterocycles. The van der Waals surface area contributed by atoms with E-state index in [0.29, 0.717) is 22.2 Å². The molecule has 0 saturated carbocycles. The normalized spacial score (nSPS) is 10.8. The molecule has 0 bridgehead atoms. The van der Waals surface area contributed by atoms with Crippen molar-refractivity contribution in [2.75, 3.05) is 11.9 Å². The van der Waals surface area contributed by atoms with Gasteiger partial charge in [0.15, 0.2) is 0 Å². The van der Waals surface area contributed by atoms with Gasteiger partial charge in [-0.2, -0.15) is 15.0 Å². The number of anilines is 1. The Morgan fingerprint density at radius 1 is 1.24 bits per heavy atom. The molecule has 0 aromatic carbocycles. The molecule has 21 heavy (non-hydrogen) atoms. The summed E-state index contributed by atoms with van der Waals surface area (Å²) >= 11 is 1.27. The number of imidazole rings is 1. The van der Waals surface area contributed by atoms with E-state index in [1.165, 1.54) is 11.8 Å². The zero-order valence-corrected chi connectivity index (χ0v) is 12.3. The van der Waals surface area contributed by atoms with Gasteiger partial charge in [0, 0.05) is 18.9 Å². The molecule has 3 aromatic rings. The van der Waals surface area contributed by atoms with Crippen LogP contribution in [0, 0.1) is 6.92 Å².